The predicted octanol–water partition coefficient (Wildman–Crippen LogP) is 22.4. The highest BCUT2D eigenvalue weighted by Gasteiger charge is 2.20. The molecule has 0 spiro atoms. The molecule has 3 N–H and O–H groups in total. The smallest absolute Gasteiger partial charge is 0.305 e. The molecule has 0 aliphatic heterocycles. The van der Waals surface area contributed by atoms with Gasteiger partial charge >= 0.3 is 5.97 Å². The molecule has 0 saturated carbocycles. The summed E-state index contributed by atoms with van der Waals surface area (Å²) in [5.74, 6) is -0.0230. The number of aliphatic hydroxyl groups is 2. The van der Waals surface area contributed by atoms with Crippen molar-refractivity contribution in [3.05, 3.63) is 12.2 Å². The van der Waals surface area contributed by atoms with Crippen molar-refractivity contribution in [2.75, 3.05) is 13.2 Å². The molecule has 0 aliphatic carbocycles. The number of hydrogen-bond donors (Lipinski definition) is 3. The Labute approximate surface area is 476 Å². The Morgan fingerprint density at radius 3 is 0.934 bits per heavy atom. The molecule has 1 amide bonds. The third kappa shape index (κ3) is 61.8. The van der Waals surface area contributed by atoms with Crippen molar-refractivity contribution in [1.82, 2.24) is 5.32 Å². The monoisotopic (exact) mass is 1070 g/mol. The van der Waals surface area contributed by atoms with Crippen molar-refractivity contribution in [3.63, 3.8) is 0 Å². The van der Waals surface area contributed by atoms with Gasteiger partial charge in [-0.15, -0.1) is 0 Å². The van der Waals surface area contributed by atoms with E-state index in [1.165, 1.54) is 327 Å². The topological polar surface area (TPSA) is 95.9 Å². The van der Waals surface area contributed by atoms with Crippen molar-refractivity contribution in [1.29, 1.82) is 0 Å². The summed E-state index contributed by atoms with van der Waals surface area (Å²) in [4.78, 5) is 24.6. The van der Waals surface area contributed by atoms with Gasteiger partial charge in [0.25, 0.3) is 0 Å². The molecule has 2 unspecified atom stereocenters. The lowest BCUT2D eigenvalue weighted by atomic mass is 10.0. The summed E-state index contributed by atoms with van der Waals surface area (Å²) in [6.45, 7) is 4.99. The van der Waals surface area contributed by atoms with Gasteiger partial charge in [-0.05, 0) is 51.4 Å². The summed E-state index contributed by atoms with van der Waals surface area (Å²) in [6, 6.07) is -0.547. The number of allylic oxidation sites excluding steroid dienone is 2. The Balaban J connectivity index is 3.40. The molecule has 0 rings (SSSR count). The molecule has 0 radical (unpaired) electrons. The maximum absolute atomic E-state index is 12.5. The average molecular weight is 1070 g/mol. The lowest BCUT2D eigenvalue weighted by Gasteiger charge is -2.22. The summed E-state index contributed by atoms with van der Waals surface area (Å²) in [6.07, 6.45) is 81.1. The second kappa shape index (κ2) is 66.1. The number of amides is 1. The summed E-state index contributed by atoms with van der Waals surface area (Å²) >= 11 is 0. The SMILES string of the molecule is CCCCCCCCCCCCCCCCCCCCCCCCC(O)C(CO)NC(=O)CCCCCCCCC/C=C\CCCCCCCCCCCCCOC(=O)CCCCCCCCCCCCCCCCC. The molecule has 6 heteroatoms. The maximum Gasteiger partial charge on any atom is 0.305 e. The van der Waals surface area contributed by atoms with E-state index >= 15 is 0 Å². The first kappa shape index (κ1) is 74.6. The van der Waals surface area contributed by atoms with Gasteiger partial charge in [0.2, 0.25) is 5.91 Å². The van der Waals surface area contributed by atoms with Crippen LogP contribution in [0, 0.1) is 0 Å². The van der Waals surface area contributed by atoms with Gasteiger partial charge in [-0.2, -0.15) is 0 Å². The molecule has 0 heterocycles. The second-order valence-corrected chi connectivity index (χ2v) is 24.2. The summed E-state index contributed by atoms with van der Waals surface area (Å²) in [5, 5.41) is 23.4. The van der Waals surface area contributed by atoms with Gasteiger partial charge in [0.05, 0.1) is 25.4 Å². The zero-order valence-corrected chi connectivity index (χ0v) is 51.8. The van der Waals surface area contributed by atoms with Gasteiger partial charge in [-0.25, -0.2) is 0 Å². The van der Waals surface area contributed by atoms with E-state index in [2.05, 4.69) is 31.3 Å². The minimum atomic E-state index is -0.669. The fraction of sp³-hybridized carbons (Fsp3) is 0.943. The molecule has 0 aromatic carbocycles. The molecule has 2 atom stereocenters. The number of unbranched alkanes of at least 4 members (excludes halogenated alkanes) is 53. The molecule has 0 aromatic rings. The van der Waals surface area contributed by atoms with Crippen molar-refractivity contribution < 1.29 is 24.5 Å². The van der Waals surface area contributed by atoms with E-state index in [1.54, 1.807) is 0 Å². The molecule has 0 aliphatic rings. The first-order valence-electron chi connectivity index (χ1n) is 34.9. The van der Waals surface area contributed by atoms with E-state index in [9.17, 15) is 19.8 Å². The van der Waals surface area contributed by atoms with Gasteiger partial charge in [-0.1, -0.05) is 347 Å². The molecule has 0 aromatic heterocycles. The van der Waals surface area contributed by atoms with Gasteiger partial charge in [0.15, 0.2) is 0 Å². The Bertz CT molecular complexity index is 1140. The number of hydrogen-bond acceptors (Lipinski definition) is 5. The van der Waals surface area contributed by atoms with Gasteiger partial charge < -0.3 is 20.3 Å². The number of aliphatic hydroxyl groups excluding tert-OH is 2. The predicted molar refractivity (Wildman–Crippen MR) is 333 cm³/mol. The third-order valence-electron chi connectivity index (χ3n) is 16.6. The molecule has 6 nitrogen and oxygen atoms in total. The molecule has 0 saturated heterocycles. The van der Waals surface area contributed by atoms with Gasteiger partial charge in [0.1, 0.15) is 0 Å². The zero-order valence-electron chi connectivity index (χ0n) is 51.8. The Morgan fingerprint density at radius 1 is 0.355 bits per heavy atom. The van der Waals surface area contributed by atoms with E-state index in [-0.39, 0.29) is 18.5 Å². The number of carbonyl (C=O) groups is 2. The third-order valence-corrected chi connectivity index (χ3v) is 16.6. The van der Waals surface area contributed by atoms with E-state index in [1.807, 2.05) is 0 Å². The van der Waals surface area contributed by atoms with Crippen molar-refractivity contribution in [2.24, 2.45) is 0 Å². The lowest BCUT2D eigenvalue weighted by molar-refractivity contribution is -0.143. The van der Waals surface area contributed by atoms with Crippen LogP contribution < -0.4 is 5.32 Å². The minimum absolute atomic E-state index is 0.0141. The summed E-state index contributed by atoms with van der Waals surface area (Å²) in [5.41, 5.74) is 0. The molecular formula is C70H137NO5. The van der Waals surface area contributed by atoms with Crippen LogP contribution in [0.2, 0.25) is 0 Å². The molecule has 76 heavy (non-hydrogen) atoms. The molecule has 452 valence electrons. The van der Waals surface area contributed by atoms with Crippen LogP contribution in [-0.2, 0) is 14.3 Å². The maximum atomic E-state index is 12.5. The molecule has 0 fully saturated rings. The lowest BCUT2D eigenvalue weighted by Crippen LogP contribution is -2.45. The summed E-state index contributed by atoms with van der Waals surface area (Å²) in [7, 11) is 0. The highest BCUT2D eigenvalue weighted by molar-refractivity contribution is 5.76. The van der Waals surface area contributed by atoms with E-state index < -0.39 is 12.1 Å². The number of esters is 1. The van der Waals surface area contributed by atoms with Crippen LogP contribution in [0.1, 0.15) is 399 Å². The number of nitrogens with one attached hydrogen (secondary N) is 1. The largest absolute Gasteiger partial charge is 0.466 e. The number of ether oxygens (including phenoxy) is 1. The minimum Gasteiger partial charge on any atom is -0.466 e. The Morgan fingerprint density at radius 2 is 0.618 bits per heavy atom. The average Bonchev–Trinajstić information content (AvgIpc) is 3.42. The van der Waals surface area contributed by atoms with E-state index in [0.717, 1.165) is 38.5 Å². The highest BCUT2D eigenvalue weighted by atomic mass is 16.5. The fourth-order valence-electron chi connectivity index (χ4n) is 11.2. The van der Waals surface area contributed by atoms with E-state index in [0.29, 0.717) is 25.9 Å². The summed E-state index contributed by atoms with van der Waals surface area (Å²) < 4.78 is 5.49. The van der Waals surface area contributed by atoms with E-state index in [4.69, 9.17) is 4.74 Å². The van der Waals surface area contributed by atoms with Crippen molar-refractivity contribution in [3.8, 4) is 0 Å². The van der Waals surface area contributed by atoms with Crippen LogP contribution in [0.5, 0.6) is 0 Å². The van der Waals surface area contributed by atoms with Crippen LogP contribution in [0.15, 0.2) is 12.2 Å². The van der Waals surface area contributed by atoms with Crippen LogP contribution in [0.4, 0.5) is 0 Å². The first-order chi connectivity index (χ1) is 37.5. The van der Waals surface area contributed by atoms with Crippen LogP contribution in [0.25, 0.3) is 0 Å². The van der Waals surface area contributed by atoms with Gasteiger partial charge in [0, 0.05) is 12.8 Å². The number of carbonyl (C=O) groups excluding carboxylic acids is 2. The molecule has 0 bridgehead atoms. The Kier molecular flexibility index (Phi) is 64.9. The number of rotatable bonds is 66. The normalized spacial score (nSPS) is 12.5. The molecular weight excluding hydrogens is 935 g/mol. The quantitative estimate of drug-likeness (QED) is 0.0320. The van der Waals surface area contributed by atoms with Crippen LogP contribution >= 0.6 is 0 Å². The zero-order chi connectivity index (χ0) is 55.0. The van der Waals surface area contributed by atoms with Crippen molar-refractivity contribution in [2.45, 2.75) is 411 Å². The second-order valence-electron chi connectivity index (χ2n) is 24.2. The highest BCUT2D eigenvalue weighted by Crippen LogP contribution is 2.19. The van der Waals surface area contributed by atoms with Gasteiger partial charge in [-0.3, -0.25) is 9.59 Å². The van der Waals surface area contributed by atoms with Crippen LogP contribution in [-0.4, -0.2) is 47.4 Å². The van der Waals surface area contributed by atoms with Crippen LogP contribution in [0.3, 0.4) is 0 Å². The Hall–Kier alpha value is -1.40. The fourth-order valence-corrected chi connectivity index (χ4v) is 11.2. The standard InChI is InChI=1S/C70H137NO5/c1-3-5-7-9-11-13-15-17-19-20-21-22-25-28-31-35-38-42-46-50-54-58-62-68(73)67(66-72)71-69(74)63-59-55-51-47-43-39-36-32-29-26-23-24-27-30-33-37-41-45-49-53-57-61-65-76-70(75)64-60-56-52-48-44-40-34-18-16-14-12-10-8-6-4-2/h26,29,67-68,72-73H,3-25,27-28,30-66H2,1-2H3,(H,71,74)/b29-26-. The van der Waals surface area contributed by atoms with Crippen molar-refractivity contribution >= 4 is 11.9 Å². The first-order valence-corrected chi connectivity index (χ1v) is 34.9.